The van der Waals surface area contributed by atoms with Gasteiger partial charge in [-0.1, -0.05) is 32.0 Å². The van der Waals surface area contributed by atoms with Gasteiger partial charge in [0, 0.05) is 0 Å². The SMILES string of the molecule is Cc1cccc(C)c1[C@H](N)[C@H](O)CCC(C)C. The molecule has 0 bridgehead atoms. The molecular weight excluding hydrogens is 210 g/mol. The second-order valence-electron chi connectivity index (χ2n) is 5.37. The van der Waals surface area contributed by atoms with Crippen molar-refractivity contribution in [2.24, 2.45) is 11.7 Å². The molecule has 0 aliphatic heterocycles. The quantitative estimate of drug-likeness (QED) is 0.823. The van der Waals surface area contributed by atoms with E-state index >= 15 is 0 Å². The summed E-state index contributed by atoms with van der Waals surface area (Å²) in [4.78, 5) is 0. The number of nitrogens with two attached hydrogens (primary N) is 1. The maximum atomic E-state index is 10.1. The second-order valence-corrected chi connectivity index (χ2v) is 5.37. The fourth-order valence-corrected chi connectivity index (χ4v) is 2.23. The van der Waals surface area contributed by atoms with E-state index in [2.05, 4.69) is 39.8 Å². The highest BCUT2D eigenvalue weighted by Crippen LogP contribution is 2.25. The molecule has 2 heteroatoms. The second kappa shape index (κ2) is 6.18. The molecule has 0 spiro atoms. The molecule has 1 rings (SSSR count). The van der Waals surface area contributed by atoms with Gasteiger partial charge in [-0.2, -0.15) is 0 Å². The zero-order valence-electron chi connectivity index (χ0n) is 11.4. The summed E-state index contributed by atoms with van der Waals surface area (Å²) in [5.74, 6) is 0.606. The van der Waals surface area contributed by atoms with Crippen LogP contribution in [0.3, 0.4) is 0 Å². The van der Waals surface area contributed by atoms with Crippen molar-refractivity contribution in [1.29, 1.82) is 0 Å². The fourth-order valence-electron chi connectivity index (χ4n) is 2.23. The summed E-state index contributed by atoms with van der Waals surface area (Å²) in [5.41, 5.74) is 9.61. The number of rotatable bonds is 5. The van der Waals surface area contributed by atoms with Crippen molar-refractivity contribution < 1.29 is 5.11 Å². The van der Waals surface area contributed by atoms with E-state index < -0.39 is 6.10 Å². The summed E-state index contributed by atoms with van der Waals surface area (Å²) in [6.07, 6.45) is 1.34. The van der Waals surface area contributed by atoms with Gasteiger partial charge in [0.1, 0.15) is 0 Å². The highest BCUT2D eigenvalue weighted by molar-refractivity contribution is 5.36. The van der Waals surface area contributed by atoms with E-state index in [-0.39, 0.29) is 6.04 Å². The van der Waals surface area contributed by atoms with Crippen LogP contribution in [0.5, 0.6) is 0 Å². The Labute approximate surface area is 105 Å². The minimum absolute atomic E-state index is 0.269. The average Bonchev–Trinajstić information content (AvgIpc) is 2.25. The Morgan fingerprint density at radius 3 is 2.12 bits per heavy atom. The fraction of sp³-hybridized carbons (Fsp3) is 0.600. The minimum atomic E-state index is -0.447. The van der Waals surface area contributed by atoms with E-state index in [1.165, 1.54) is 11.1 Å². The van der Waals surface area contributed by atoms with Gasteiger partial charge in [-0.15, -0.1) is 0 Å². The number of aliphatic hydroxyl groups excluding tert-OH is 1. The first kappa shape index (κ1) is 14.2. The summed E-state index contributed by atoms with van der Waals surface area (Å²) >= 11 is 0. The lowest BCUT2D eigenvalue weighted by atomic mass is 9.90. The van der Waals surface area contributed by atoms with Gasteiger partial charge in [0.25, 0.3) is 0 Å². The van der Waals surface area contributed by atoms with Gasteiger partial charge in [-0.05, 0) is 49.3 Å². The van der Waals surface area contributed by atoms with Crippen molar-refractivity contribution in [3.05, 3.63) is 34.9 Å². The molecule has 3 N–H and O–H groups in total. The van der Waals surface area contributed by atoms with E-state index in [0.717, 1.165) is 18.4 Å². The number of aryl methyl sites for hydroxylation is 2. The van der Waals surface area contributed by atoms with Crippen LogP contribution in [0.4, 0.5) is 0 Å². The lowest BCUT2D eigenvalue weighted by Gasteiger charge is -2.23. The predicted octanol–water partition coefficient (Wildman–Crippen LogP) is 3.10. The van der Waals surface area contributed by atoms with Crippen molar-refractivity contribution in [1.82, 2.24) is 0 Å². The first-order chi connectivity index (χ1) is 7.93. The standard InChI is InChI=1S/C15H25NO/c1-10(2)8-9-13(17)15(16)14-11(3)6-5-7-12(14)4/h5-7,10,13,15,17H,8-9,16H2,1-4H3/t13-,15-/m1/s1. The molecule has 2 nitrogen and oxygen atoms in total. The number of hydrogen-bond acceptors (Lipinski definition) is 2. The Kier molecular flexibility index (Phi) is 5.16. The topological polar surface area (TPSA) is 46.2 Å². The van der Waals surface area contributed by atoms with Crippen molar-refractivity contribution >= 4 is 0 Å². The molecular formula is C15H25NO. The van der Waals surface area contributed by atoms with Crippen LogP contribution in [0.15, 0.2) is 18.2 Å². The van der Waals surface area contributed by atoms with E-state index in [1.807, 2.05) is 6.07 Å². The van der Waals surface area contributed by atoms with Crippen LogP contribution in [0, 0.1) is 19.8 Å². The molecule has 1 aromatic rings. The summed E-state index contributed by atoms with van der Waals surface area (Å²) in [6.45, 7) is 8.43. The highest BCUT2D eigenvalue weighted by atomic mass is 16.3. The van der Waals surface area contributed by atoms with Crippen LogP contribution in [0.1, 0.15) is 49.4 Å². The van der Waals surface area contributed by atoms with Gasteiger partial charge in [-0.25, -0.2) is 0 Å². The van der Waals surface area contributed by atoms with Gasteiger partial charge in [0.05, 0.1) is 12.1 Å². The largest absolute Gasteiger partial charge is 0.391 e. The third-order valence-corrected chi connectivity index (χ3v) is 3.33. The molecule has 0 aliphatic carbocycles. The molecule has 0 saturated carbocycles. The molecule has 0 saturated heterocycles. The molecule has 0 radical (unpaired) electrons. The van der Waals surface area contributed by atoms with E-state index in [9.17, 15) is 5.11 Å². The van der Waals surface area contributed by atoms with E-state index in [4.69, 9.17) is 5.73 Å². The molecule has 0 fully saturated rings. The normalized spacial score (nSPS) is 15.0. The Morgan fingerprint density at radius 2 is 1.65 bits per heavy atom. The molecule has 0 aromatic heterocycles. The van der Waals surface area contributed by atoms with Crippen LogP contribution in [0.25, 0.3) is 0 Å². The zero-order chi connectivity index (χ0) is 13.0. The Bertz CT molecular complexity index is 340. The summed E-state index contributed by atoms with van der Waals surface area (Å²) < 4.78 is 0. The van der Waals surface area contributed by atoms with Crippen molar-refractivity contribution in [3.63, 3.8) is 0 Å². The van der Waals surface area contributed by atoms with E-state index in [0.29, 0.717) is 5.92 Å². The van der Waals surface area contributed by atoms with E-state index in [1.54, 1.807) is 0 Å². The van der Waals surface area contributed by atoms with Crippen LogP contribution in [-0.2, 0) is 0 Å². The van der Waals surface area contributed by atoms with Gasteiger partial charge < -0.3 is 10.8 Å². The van der Waals surface area contributed by atoms with Gasteiger partial charge in [0.2, 0.25) is 0 Å². The summed E-state index contributed by atoms with van der Waals surface area (Å²) in [7, 11) is 0. The monoisotopic (exact) mass is 235 g/mol. The van der Waals surface area contributed by atoms with Crippen LogP contribution >= 0.6 is 0 Å². The van der Waals surface area contributed by atoms with Crippen molar-refractivity contribution in [2.75, 3.05) is 0 Å². The summed E-state index contributed by atoms with van der Waals surface area (Å²) in [6, 6.07) is 5.87. The molecule has 96 valence electrons. The first-order valence-corrected chi connectivity index (χ1v) is 6.43. The van der Waals surface area contributed by atoms with Gasteiger partial charge in [0.15, 0.2) is 0 Å². The van der Waals surface area contributed by atoms with Gasteiger partial charge >= 0.3 is 0 Å². The maximum Gasteiger partial charge on any atom is 0.0733 e. The molecule has 17 heavy (non-hydrogen) atoms. The molecule has 0 amide bonds. The lowest BCUT2D eigenvalue weighted by Crippen LogP contribution is -2.28. The van der Waals surface area contributed by atoms with Crippen molar-refractivity contribution in [2.45, 2.75) is 52.7 Å². The van der Waals surface area contributed by atoms with Gasteiger partial charge in [-0.3, -0.25) is 0 Å². The Morgan fingerprint density at radius 1 is 1.12 bits per heavy atom. The smallest absolute Gasteiger partial charge is 0.0733 e. The summed E-state index contributed by atoms with van der Waals surface area (Å²) in [5, 5.41) is 10.1. The number of benzene rings is 1. The maximum absolute atomic E-state index is 10.1. The lowest BCUT2D eigenvalue weighted by molar-refractivity contribution is 0.128. The van der Waals surface area contributed by atoms with Crippen LogP contribution < -0.4 is 5.73 Å². The first-order valence-electron chi connectivity index (χ1n) is 6.43. The molecule has 0 aliphatic rings. The third kappa shape index (κ3) is 3.83. The molecule has 0 heterocycles. The van der Waals surface area contributed by atoms with Crippen LogP contribution in [0.2, 0.25) is 0 Å². The third-order valence-electron chi connectivity index (χ3n) is 3.33. The average molecular weight is 235 g/mol. The van der Waals surface area contributed by atoms with Crippen LogP contribution in [-0.4, -0.2) is 11.2 Å². The molecule has 0 unspecified atom stereocenters. The Balaban J connectivity index is 2.78. The Hall–Kier alpha value is -0.860. The van der Waals surface area contributed by atoms with Crippen molar-refractivity contribution in [3.8, 4) is 0 Å². The number of hydrogen-bond donors (Lipinski definition) is 2. The number of aliphatic hydroxyl groups is 1. The minimum Gasteiger partial charge on any atom is -0.391 e. The molecule has 1 aromatic carbocycles. The predicted molar refractivity (Wildman–Crippen MR) is 72.9 cm³/mol. The molecule has 2 atom stereocenters. The zero-order valence-corrected chi connectivity index (χ0v) is 11.4. The highest BCUT2D eigenvalue weighted by Gasteiger charge is 2.20.